The Morgan fingerprint density at radius 3 is 2.80 bits per heavy atom. The Bertz CT molecular complexity index is 947. The van der Waals surface area contributed by atoms with Crippen LogP contribution in [0.15, 0.2) is 66.3 Å². The molecule has 1 saturated heterocycles. The van der Waals surface area contributed by atoms with Crippen molar-refractivity contribution in [2.45, 2.75) is 25.6 Å². The zero-order chi connectivity index (χ0) is 20.9. The molecule has 3 heterocycles. The topological polar surface area (TPSA) is 71.7 Å². The Labute approximate surface area is 180 Å². The van der Waals surface area contributed by atoms with Gasteiger partial charge in [0.1, 0.15) is 11.4 Å². The van der Waals surface area contributed by atoms with E-state index in [0.29, 0.717) is 50.1 Å². The van der Waals surface area contributed by atoms with Gasteiger partial charge in [0.25, 0.3) is 5.70 Å². The average Bonchev–Trinajstić information content (AvgIpc) is 3.17. The normalized spacial score (nSPS) is 18.9. The molecule has 0 N–H and O–H groups in total. The van der Waals surface area contributed by atoms with Crippen LogP contribution in [0, 0.1) is 10.1 Å². The maximum atomic E-state index is 11.7. The number of halogens is 1. The van der Waals surface area contributed by atoms with Gasteiger partial charge in [-0.1, -0.05) is 60.2 Å². The number of aromatic nitrogens is 1. The molecule has 0 spiro atoms. The van der Waals surface area contributed by atoms with Crippen LogP contribution in [0.4, 0.5) is 0 Å². The smallest absolute Gasteiger partial charge is 0.286 e. The van der Waals surface area contributed by atoms with E-state index in [1.165, 1.54) is 0 Å². The number of allylic oxidation sites excluding steroid dienone is 1. The molecule has 1 unspecified atom stereocenters. The Morgan fingerprint density at radius 1 is 1.23 bits per heavy atom. The summed E-state index contributed by atoms with van der Waals surface area (Å²) in [6, 6.07) is 13.7. The van der Waals surface area contributed by atoms with E-state index in [2.05, 4.69) is 4.98 Å². The van der Waals surface area contributed by atoms with Gasteiger partial charge in [0.05, 0.1) is 11.5 Å². The van der Waals surface area contributed by atoms with Gasteiger partial charge >= 0.3 is 0 Å². The van der Waals surface area contributed by atoms with Crippen molar-refractivity contribution in [1.82, 2.24) is 14.8 Å². The molecule has 8 heteroatoms. The fourth-order valence-corrected chi connectivity index (χ4v) is 4.03. The Kier molecular flexibility index (Phi) is 6.30. The minimum Gasteiger partial charge on any atom is -0.354 e. The second kappa shape index (κ2) is 9.28. The van der Waals surface area contributed by atoms with Crippen molar-refractivity contribution < 1.29 is 9.66 Å². The molecule has 0 aliphatic carbocycles. The molecule has 156 valence electrons. The lowest BCUT2D eigenvalue weighted by molar-refractivity contribution is -0.433. The van der Waals surface area contributed by atoms with Gasteiger partial charge in [-0.2, -0.15) is 0 Å². The minimum absolute atomic E-state index is 0.169. The van der Waals surface area contributed by atoms with E-state index >= 15 is 0 Å². The number of hydrogen-bond donors (Lipinski definition) is 0. The molecule has 2 aliphatic heterocycles. The van der Waals surface area contributed by atoms with Crippen LogP contribution in [0.25, 0.3) is 6.08 Å². The van der Waals surface area contributed by atoms with Crippen LogP contribution < -0.4 is 0 Å². The standard InChI is InChI=1S/C22H23ClN4O3/c23-20-10-8-18(15-24-20)16-25-12-13-26-21(11-9-19(22(25)26)27(28)29)30-14-4-7-17-5-2-1-3-6-17/h1-8,10,15,21H,9,11-14,16H2/b7-4-. The number of fused-ring (bicyclic) bond motifs is 1. The largest absolute Gasteiger partial charge is 0.354 e. The van der Waals surface area contributed by atoms with E-state index in [-0.39, 0.29) is 16.8 Å². The average molecular weight is 427 g/mol. The summed E-state index contributed by atoms with van der Waals surface area (Å²) in [6.45, 7) is 2.40. The molecular weight excluding hydrogens is 404 g/mol. The summed E-state index contributed by atoms with van der Waals surface area (Å²) in [7, 11) is 0. The van der Waals surface area contributed by atoms with E-state index in [1.807, 2.05) is 58.4 Å². The van der Waals surface area contributed by atoms with Crippen LogP contribution in [0.1, 0.15) is 24.0 Å². The molecule has 0 bridgehead atoms. The molecule has 0 saturated carbocycles. The van der Waals surface area contributed by atoms with Gasteiger partial charge < -0.3 is 14.5 Å². The maximum Gasteiger partial charge on any atom is 0.286 e. The number of pyridine rings is 1. The van der Waals surface area contributed by atoms with E-state index in [0.717, 1.165) is 11.1 Å². The highest BCUT2D eigenvalue weighted by Crippen LogP contribution is 2.34. The minimum atomic E-state index is -0.258. The van der Waals surface area contributed by atoms with Gasteiger partial charge in [-0.3, -0.25) is 10.1 Å². The summed E-state index contributed by atoms with van der Waals surface area (Å²) in [5, 5.41) is 12.1. The highest BCUT2D eigenvalue weighted by atomic mass is 35.5. The van der Waals surface area contributed by atoms with Crippen molar-refractivity contribution in [3.63, 3.8) is 0 Å². The third kappa shape index (κ3) is 4.63. The summed E-state index contributed by atoms with van der Waals surface area (Å²) in [6.07, 6.45) is 6.54. The summed E-state index contributed by atoms with van der Waals surface area (Å²) >= 11 is 5.87. The van der Waals surface area contributed by atoms with Gasteiger partial charge in [0, 0.05) is 38.7 Å². The van der Waals surface area contributed by atoms with Crippen LogP contribution in [0.3, 0.4) is 0 Å². The molecule has 1 atom stereocenters. The third-order valence-electron chi connectivity index (χ3n) is 5.29. The summed E-state index contributed by atoms with van der Waals surface area (Å²) in [5.41, 5.74) is 2.34. The highest BCUT2D eigenvalue weighted by Gasteiger charge is 2.41. The molecular formula is C22H23ClN4O3. The van der Waals surface area contributed by atoms with Crippen LogP contribution in [0.2, 0.25) is 5.15 Å². The van der Waals surface area contributed by atoms with Crippen molar-refractivity contribution in [3.05, 3.63) is 92.6 Å². The van der Waals surface area contributed by atoms with Crippen LogP contribution in [0.5, 0.6) is 0 Å². The molecule has 30 heavy (non-hydrogen) atoms. The van der Waals surface area contributed by atoms with Gasteiger partial charge in [0.15, 0.2) is 5.82 Å². The summed E-state index contributed by atoms with van der Waals surface area (Å²) in [5.74, 6) is 0.665. The number of benzene rings is 1. The fraction of sp³-hybridized carbons (Fsp3) is 0.318. The first-order chi connectivity index (χ1) is 14.6. The maximum absolute atomic E-state index is 11.7. The third-order valence-corrected chi connectivity index (χ3v) is 5.52. The lowest BCUT2D eigenvalue weighted by Gasteiger charge is -2.34. The van der Waals surface area contributed by atoms with Gasteiger partial charge in [-0.15, -0.1) is 0 Å². The Balaban J connectivity index is 1.45. The zero-order valence-corrected chi connectivity index (χ0v) is 17.2. The first-order valence-corrected chi connectivity index (χ1v) is 10.3. The molecule has 0 radical (unpaired) electrons. The highest BCUT2D eigenvalue weighted by molar-refractivity contribution is 6.29. The molecule has 2 aromatic rings. The summed E-state index contributed by atoms with van der Waals surface area (Å²) in [4.78, 5) is 19.6. The molecule has 0 amide bonds. The van der Waals surface area contributed by atoms with Crippen LogP contribution >= 0.6 is 11.6 Å². The zero-order valence-electron chi connectivity index (χ0n) is 16.5. The predicted octanol–water partition coefficient (Wildman–Crippen LogP) is 4.15. The van der Waals surface area contributed by atoms with Gasteiger partial charge in [-0.05, 0) is 17.2 Å². The Hall–Kier alpha value is -2.90. The molecule has 1 aromatic carbocycles. The Morgan fingerprint density at radius 2 is 2.07 bits per heavy atom. The number of ether oxygens (including phenoxy) is 1. The lowest BCUT2D eigenvalue weighted by atomic mass is 10.1. The first kappa shape index (κ1) is 20.4. The fourth-order valence-electron chi connectivity index (χ4n) is 3.91. The van der Waals surface area contributed by atoms with E-state index in [1.54, 1.807) is 12.3 Å². The second-order valence-corrected chi connectivity index (χ2v) is 7.66. The molecule has 1 aromatic heterocycles. The van der Waals surface area contributed by atoms with Crippen molar-refractivity contribution in [2.24, 2.45) is 0 Å². The number of rotatable bonds is 7. The first-order valence-electron chi connectivity index (χ1n) is 9.94. The van der Waals surface area contributed by atoms with Crippen molar-refractivity contribution >= 4 is 17.7 Å². The van der Waals surface area contributed by atoms with Crippen molar-refractivity contribution in [1.29, 1.82) is 0 Å². The number of nitro groups is 1. The van der Waals surface area contributed by atoms with Crippen LogP contribution in [-0.4, -0.2) is 45.6 Å². The van der Waals surface area contributed by atoms with E-state index in [4.69, 9.17) is 16.3 Å². The lowest BCUT2D eigenvalue weighted by Crippen LogP contribution is -2.40. The number of nitrogens with zero attached hydrogens (tertiary/aromatic N) is 4. The predicted molar refractivity (Wildman–Crippen MR) is 115 cm³/mol. The molecule has 2 aliphatic rings. The number of hydrogen-bond acceptors (Lipinski definition) is 6. The molecule has 7 nitrogen and oxygen atoms in total. The molecule has 1 fully saturated rings. The van der Waals surface area contributed by atoms with E-state index < -0.39 is 0 Å². The van der Waals surface area contributed by atoms with Crippen molar-refractivity contribution in [3.8, 4) is 0 Å². The van der Waals surface area contributed by atoms with Crippen LogP contribution in [-0.2, 0) is 11.3 Å². The summed E-state index contributed by atoms with van der Waals surface area (Å²) < 4.78 is 6.09. The van der Waals surface area contributed by atoms with Gasteiger partial charge in [-0.25, -0.2) is 4.98 Å². The van der Waals surface area contributed by atoms with Crippen molar-refractivity contribution in [2.75, 3.05) is 19.7 Å². The van der Waals surface area contributed by atoms with Gasteiger partial charge in [0.2, 0.25) is 0 Å². The van der Waals surface area contributed by atoms with E-state index in [9.17, 15) is 10.1 Å². The monoisotopic (exact) mass is 426 g/mol. The second-order valence-electron chi connectivity index (χ2n) is 7.27. The quantitative estimate of drug-likeness (QED) is 0.376. The molecule has 4 rings (SSSR count). The SMILES string of the molecule is O=[N+]([O-])C1=C2N(Cc3ccc(Cl)nc3)CCN2C(OC/C=C\c2ccccc2)CC1.